The van der Waals surface area contributed by atoms with Crippen molar-refractivity contribution < 1.29 is 9.53 Å². The van der Waals surface area contributed by atoms with E-state index in [0.29, 0.717) is 18.0 Å². The minimum absolute atomic E-state index is 0.240. The van der Waals surface area contributed by atoms with E-state index < -0.39 is 5.97 Å². The van der Waals surface area contributed by atoms with Crippen LogP contribution in [-0.2, 0) is 17.2 Å². The quantitative estimate of drug-likeness (QED) is 0.443. The summed E-state index contributed by atoms with van der Waals surface area (Å²) >= 11 is 7.70. The number of hydrogen-bond donors (Lipinski definition) is 0. The summed E-state index contributed by atoms with van der Waals surface area (Å²) < 4.78 is 6.89. The summed E-state index contributed by atoms with van der Waals surface area (Å²) in [6, 6.07) is 10.2. The molecule has 0 bridgehead atoms. The fourth-order valence-corrected chi connectivity index (χ4v) is 3.04. The maximum Gasteiger partial charge on any atom is 0.358 e. The van der Waals surface area contributed by atoms with Crippen molar-refractivity contribution in [3.63, 3.8) is 0 Å². The van der Waals surface area contributed by atoms with Crippen LogP contribution in [-0.4, -0.2) is 27.9 Å². The Hall–Kier alpha value is -1.46. The van der Waals surface area contributed by atoms with Gasteiger partial charge in [-0.05, 0) is 19.1 Å². The van der Waals surface area contributed by atoms with E-state index in [1.165, 1.54) is 4.90 Å². The zero-order valence-corrected chi connectivity index (χ0v) is 13.4. The summed E-state index contributed by atoms with van der Waals surface area (Å²) in [5, 5.41) is 0. The fourth-order valence-electron chi connectivity index (χ4n) is 1.89. The number of halogens is 1. The van der Waals surface area contributed by atoms with Gasteiger partial charge in [-0.3, -0.25) is 0 Å². The second kappa shape index (κ2) is 8.10. The van der Waals surface area contributed by atoms with Gasteiger partial charge >= 0.3 is 5.97 Å². The summed E-state index contributed by atoms with van der Waals surface area (Å²) in [5.74, 6) is 0.707. The largest absolute Gasteiger partial charge is 0.461 e. The number of nitrogens with zero attached hydrogens (tertiary/aromatic N) is 2. The highest BCUT2D eigenvalue weighted by atomic mass is 35.5. The highest BCUT2D eigenvalue weighted by Crippen LogP contribution is 2.19. The van der Waals surface area contributed by atoms with Crippen molar-refractivity contribution in [3.8, 4) is 0 Å². The summed E-state index contributed by atoms with van der Waals surface area (Å²) in [4.78, 5) is 17.1. The van der Waals surface area contributed by atoms with Crippen molar-refractivity contribution >= 4 is 29.3 Å². The highest BCUT2D eigenvalue weighted by Gasteiger charge is 2.18. The van der Waals surface area contributed by atoms with E-state index >= 15 is 0 Å². The number of imidazole rings is 1. The number of carbonyl (C=O) groups is 1. The molecule has 1 aromatic carbocycles. The molecule has 0 spiro atoms. The molecule has 0 radical (unpaired) electrons. The Bertz CT molecular complexity index is 587. The van der Waals surface area contributed by atoms with Crippen molar-refractivity contribution in [1.82, 2.24) is 9.55 Å². The van der Waals surface area contributed by atoms with Gasteiger partial charge in [0.1, 0.15) is 0 Å². The van der Waals surface area contributed by atoms with Gasteiger partial charge in [0.25, 0.3) is 0 Å². The monoisotopic (exact) mass is 324 g/mol. The predicted molar refractivity (Wildman–Crippen MR) is 84.9 cm³/mol. The lowest BCUT2D eigenvalue weighted by Crippen LogP contribution is -2.10. The van der Waals surface area contributed by atoms with Crippen LogP contribution < -0.4 is 0 Å². The number of carbonyl (C=O) groups excluding carboxylic acids is 1. The van der Waals surface area contributed by atoms with E-state index in [9.17, 15) is 4.79 Å². The first-order valence-corrected chi connectivity index (χ1v) is 8.23. The average Bonchev–Trinajstić information content (AvgIpc) is 2.91. The van der Waals surface area contributed by atoms with Crippen molar-refractivity contribution in [2.45, 2.75) is 24.2 Å². The number of rotatable bonds is 7. The first kappa shape index (κ1) is 15.9. The molecule has 0 aliphatic heterocycles. The molecule has 0 aliphatic rings. The van der Waals surface area contributed by atoms with Gasteiger partial charge in [0.2, 0.25) is 0 Å². The van der Waals surface area contributed by atoms with Crippen molar-refractivity contribution in [2.75, 3.05) is 12.4 Å². The molecule has 2 aromatic rings. The highest BCUT2D eigenvalue weighted by molar-refractivity contribution is 7.99. The maximum absolute atomic E-state index is 11.8. The minimum Gasteiger partial charge on any atom is -0.461 e. The van der Waals surface area contributed by atoms with Gasteiger partial charge in [0, 0.05) is 17.2 Å². The van der Waals surface area contributed by atoms with Crippen molar-refractivity contribution in [2.24, 2.45) is 0 Å². The Balaban J connectivity index is 1.98. The SMILES string of the molecule is CCOC(=O)c1ncn(CCSc2ccccc2)c1CCl. The number of ether oxygens (including phenoxy) is 1. The van der Waals surface area contributed by atoms with Crippen LogP contribution in [0.5, 0.6) is 0 Å². The van der Waals surface area contributed by atoms with Crippen LogP contribution >= 0.6 is 23.4 Å². The fraction of sp³-hybridized carbons (Fsp3) is 0.333. The van der Waals surface area contributed by atoms with E-state index in [2.05, 4.69) is 17.1 Å². The number of benzene rings is 1. The topological polar surface area (TPSA) is 44.1 Å². The molecular weight excluding hydrogens is 308 g/mol. The number of alkyl halides is 1. The molecule has 1 heterocycles. The van der Waals surface area contributed by atoms with Gasteiger partial charge in [-0.1, -0.05) is 18.2 Å². The Labute approximate surface area is 133 Å². The molecule has 0 atom stereocenters. The first-order chi connectivity index (χ1) is 10.3. The lowest BCUT2D eigenvalue weighted by Gasteiger charge is -2.07. The molecule has 0 saturated heterocycles. The van der Waals surface area contributed by atoms with Gasteiger partial charge < -0.3 is 9.30 Å². The Morgan fingerprint density at radius 2 is 2.14 bits per heavy atom. The first-order valence-electron chi connectivity index (χ1n) is 6.71. The van der Waals surface area contributed by atoms with Gasteiger partial charge in [-0.15, -0.1) is 23.4 Å². The molecule has 6 heteroatoms. The molecule has 0 amide bonds. The minimum atomic E-state index is -0.414. The zero-order chi connectivity index (χ0) is 15.1. The van der Waals surface area contributed by atoms with Crippen LogP contribution in [0.15, 0.2) is 41.6 Å². The third-order valence-electron chi connectivity index (χ3n) is 2.89. The van der Waals surface area contributed by atoms with E-state index in [0.717, 1.165) is 12.3 Å². The van der Waals surface area contributed by atoms with Crippen LogP contribution in [0.2, 0.25) is 0 Å². The second-order valence-electron chi connectivity index (χ2n) is 4.25. The van der Waals surface area contributed by atoms with Gasteiger partial charge in [-0.25, -0.2) is 9.78 Å². The summed E-state index contributed by atoms with van der Waals surface area (Å²) in [6.07, 6.45) is 1.65. The van der Waals surface area contributed by atoms with Gasteiger partial charge in [0.05, 0.1) is 24.5 Å². The Morgan fingerprint density at radius 1 is 1.38 bits per heavy atom. The summed E-state index contributed by atoms with van der Waals surface area (Å²) in [5.41, 5.74) is 1.03. The molecule has 0 fully saturated rings. The lowest BCUT2D eigenvalue weighted by atomic mass is 10.3. The van der Waals surface area contributed by atoms with E-state index in [-0.39, 0.29) is 5.88 Å². The van der Waals surface area contributed by atoms with Crippen molar-refractivity contribution in [3.05, 3.63) is 48.0 Å². The molecule has 2 rings (SSSR count). The summed E-state index contributed by atoms with van der Waals surface area (Å²) in [7, 11) is 0. The standard InChI is InChI=1S/C15H17ClN2O2S/c1-2-20-15(19)14-13(10-16)18(11-17-14)8-9-21-12-6-4-3-5-7-12/h3-7,11H,2,8-10H2,1H3. The molecule has 0 N–H and O–H groups in total. The normalized spacial score (nSPS) is 10.6. The smallest absolute Gasteiger partial charge is 0.358 e. The molecule has 0 unspecified atom stereocenters. The number of esters is 1. The van der Waals surface area contributed by atoms with E-state index in [4.69, 9.17) is 16.3 Å². The van der Waals surface area contributed by atoms with Crippen LogP contribution in [0.3, 0.4) is 0 Å². The van der Waals surface area contributed by atoms with E-state index in [1.54, 1.807) is 25.0 Å². The molecule has 0 aliphatic carbocycles. The number of hydrogen-bond acceptors (Lipinski definition) is 4. The number of aryl methyl sites for hydroxylation is 1. The summed E-state index contributed by atoms with van der Waals surface area (Å²) in [6.45, 7) is 2.84. The molecule has 1 aromatic heterocycles. The van der Waals surface area contributed by atoms with Crippen LogP contribution in [0, 0.1) is 0 Å². The third kappa shape index (κ3) is 4.25. The predicted octanol–water partition coefficient (Wildman–Crippen LogP) is 3.59. The van der Waals surface area contributed by atoms with Crippen molar-refractivity contribution in [1.29, 1.82) is 0 Å². The van der Waals surface area contributed by atoms with Gasteiger partial charge in [0.15, 0.2) is 5.69 Å². The molecule has 112 valence electrons. The number of thioether (sulfide) groups is 1. The Kier molecular flexibility index (Phi) is 6.14. The van der Waals surface area contributed by atoms with E-state index in [1.807, 2.05) is 22.8 Å². The maximum atomic E-state index is 11.8. The van der Waals surface area contributed by atoms with Crippen LogP contribution in [0.1, 0.15) is 23.1 Å². The average molecular weight is 325 g/mol. The molecule has 21 heavy (non-hydrogen) atoms. The molecular formula is C15H17ClN2O2S. The second-order valence-corrected chi connectivity index (χ2v) is 5.68. The third-order valence-corrected chi connectivity index (χ3v) is 4.13. The molecule has 0 saturated carbocycles. The van der Waals surface area contributed by atoms with Gasteiger partial charge in [-0.2, -0.15) is 0 Å². The van der Waals surface area contributed by atoms with Crippen LogP contribution in [0.4, 0.5) is 0 Å². The molecule has 4 nitrogen and oxygen atoms in total. The van der Waals surface area contributed by atoms with Crippen LogP contribution in [0.25, 0.3) is 0 Å². The zero-order valence-electron chi connectivity index (χ0n) is 11.8. The Morgan fingerprint density at radius 3 is 2.81 bits per heavy atom. The number of aromatic nitrogens is 2. The lowest BCUT2D eigenvalue weighted by molar-refractivity contribution is 0.0519.